The summed E-state index contributed by atoms with van der Waals surface area (Å²) in [7, 11) is 0. The molecule has 1 fully saturated rings. The number of aromatic nitrogens is 2. The highest BCUT2D eigenvalue weighted by Crippen LogP contribution is 2.28. The van der Waals surface area contributed by atoms with E-state index in [0.717, 1.165) is 19.1 Å². The number of hydrogen-bond donors (Lipinski definition) is 2. The molecule has 0 aromatic carbocycles. The van der Waals surface area contributed by atoms with E-state index in [4.69, 9.17) is 4.74 Å². The monoisotopic (exact) mass is 253 g/mol. The van der Waals surface area contributed by atoms with Gasteiger partial charge in [0.15, 0.2) is 0 Å². The predicted octanol–water partition coefficient (Wildman–Crippen LogP) is 0.649. The molecule has 0 radical (unpaired) electrons. The molecule has 1 aromatic heterocycles. The van der Waals surface area contributed by atoms with Crippen LogP contribution in [0.5, 0.6) is 0 Å². The molecule has 0 spiro atoms. The second-order valence-corrected chi connectivity index (χ2v) is 5.20. The van der Waals surface area contributed by atoms with Crippen molar-refractivity contribution in [1.82, 2.24) is 14.9 Å². The minimum atomic E-state index is -0.422. The zero-order valence-electron chi connectivity index (χ0n) is 11.0. The van der Waals surface area contributed by atoms with Gasteiger partial charge < -0.3 is 19.7 Å². The molecule has 18 heavy (non-hydrogen) atoms. The molecule has 1 aliphatic rings. The van der Waals surface area contributed by atoms with Crippen LogP contribution in [0.25, 0.3) is 0 Å². The Bertz CT molecular complexity index is 325. The molecule has 0 saturated heterocycles. The average molecular weight is 253 g/mol. The molecule has 1 aliphatic carbocycles. The van der Waals surface area contributed by atoms with Gasteiger partial charge in [-0.25, -0.2) is 4.98 Å². The third-order valence-electron chi connectivity index (χ3n) is 3.11. The van der Waals surface area contributed by atoms with Gasteiger partial charge in [0.2, 0.25) is 0 Å². The van der Waals surface area contributed by atoms with Crippen LogP contribution < -0.4 is 5.32 Å². The molecule has 1 saturated carbocycles. The number of hydrogen-bond acceptors (Lipinski definition) is 4. The Labute approximate surface area is 108 Å². The maximum absolute atomic E-state index is 9.75. The van der Waals surface area contributed by atoms with Crippen LogP contribution in [0.2, 0.25) is 0 Å². The van der Waals surface area contributed by atoms with Crippen molar-refractivity contribution in [3.05, 3.63) is 18.7 Å². The maximum atomic E-state index is 9.75. The summed E-state index contributed by atoms with van der Waals surface area (Å²) in [4.78, 5) is 4.00. The van der Waals surface area contributed by atoms with Gasteiger partial charge in [0.25, 0.3) is 0 Å². The summed E-state index contributed by atoms with van der Waals surface area (Å²) in [6, 6.07) is 0.303. The minimum absolute atomic E-state index is 0.303. The third-order valence-corrected chi connectivity index (χ3v) is 3.11. The highest BCUT2D eigenvalue weighted by Gasteiger charge is 2.21. The minimum Gasteiger partial charge on any atom is -0.389 e. The van der Waals surface area contributed by atoms with E-state index in [9.17, 15) is 5.11 Å². The number of nitrogens with zero attached hydrogens (tertiary/aromatic N) is 2. The zero-order valence-corrected chi connectivity index (χ0v) is 11.0. The first-order valence-electron chi connectivity index (χ1n) is 6.69. The average Bonchev–Trinajstić information content (AvgIpc) is 3.03. The van der Waals surface area contributed by atoms with E-state index in [0.29, 0.717) is 19.2 Å². The molecule has 0 bridgehead atoms. The summed E-state index contributed by atoms with van der Waals surface area (Å²) in [6.07, 6.45) is 7.66. The van der Waals surface area contributed by atoms with E-state index >= 15 is 0 Å². The van der Waals surface area contributed by atoms with Crippen LogP contribution in [0.1, 0.15) is 19.8 Å². The Kier molecular flexibility index (Phi) is 5.16. The smallest absolute Gasteiger partial charge is 0.0946 e. The van der Waals surface area contributed by atoms with Crippen LogP contribution in [0.15, 0.2) is 18.7 Å². The summed E-state index contributed by atoms with van der Waals surface area (Å²) in [6.45, 7) is 4.76. The molecule has 2 rings (SSSR count). The normalized spacial score (nSPS) is 18.8. The first-order chi connectivity index (χ1) is 8.74. The fourth-order valence-electron chi connectivity index (χ4n) is 1.83. The number of nitrogens with one attached hydrogen (secondary N) is 1. The Morgan fingerprint density at radius 3 is 3.06 bits per heavy atom. The summed E-state index contributed by atoms with van der Waals surface area (Å²) in [5.74, 6) is 0.755. The molecule has 1 heterocycles. The molecule has 2 unspecified atom stereocenters. The van der Waals surface area contributed by atoms with Crippen molar-refractivity contribution in [1.29, 1.82) is 0 Å². The second-order valence-electron chi connectivity index (χ2n) is 5.20. The lowest BCUT2D eigenvalue weighted by Crippen LogP contribution is -2.38. The summed E-state index contributed by atoms with van der Waals surface area (Å²) in [5.41, 5.74) is 0. The standard InChI is InChI=1S/C13H23N3O2/c1-11(7-16-5-4-14-10-16)15-6-13(17)9-18-8-12-2-3-12/h4-5,10-13,15,17H,2-3,6-9H2,1H3. The van der Waals surface area contributed by atoms with Crippen molar-refractivity contribution in [2.24, 2.45) is 5.92 Å². The number of imidazole rings is 1. The van der Waals surface area contributed by atoms with E-state index in [2.05, 4.69) is 17.2 Å². The first-order valence-corrected chi connectivity index (χ1v) is 6.69. The lowest BCUT2D eigenvalue weighted by atomic mass is 10.3. The van der Waals surface area contributed by atoms with Crippen molar-refractivity contribution in [3.8, 4) is 0 Å². The quantitative estimate of drug-likeness (QED) is 0.678. The van der Waals surface area contributed by atoms with Gasteiger partial charge >= 0.3 is 0 Å². The first kappa shape index (κ1) is 13.5. The highest BCUT2D eigenvalue weighted by atomic mass is 16.5. The molecule has 0 aliphatic heterocycles. The number of aliphatic hydroxyl groups is 1. The Morgan fingerprint density at radius 2 is 2.39 bits per heavy atom. The molecule has 1 aromatic rings. The highest BCUT2D eigenvalue weighted by molar-refractivity contribution is 4.77. The molecule has 5 heteroatoms. The second kappa shape index (κ2) is 6.87. The molecule has 2 atom stereocenters. The Hall–Kier alpha value is -0.910. The third kappa shape index (κ3) is 5.16. The van der Waals surface area contributed by atoms with Gasteiger partial charge in [-0.2, -0.15) is 0 Å². The van der Waals surface area contributed by atoms with E-state index in [1.54, 1.807) is 12.5 Å². The molecule has 102 valence electrons. The predicted molar refractivity (Wildman–Crippen MR) is 69.2 cm³/mol. The topological polar surface area (TPSA) is 59.3 Å². The molecule has 2 N–H and O–H groups in total. The van der Waals surface area contributed by atoms with Crippen LogP contribution in [-0.2, 0) is 11.3 Å². The van der Waals surface area contributed by atoms with Crippen LogP contribution in [0.4, 0.5) is 0 Å². The Morgan fingerprint density at radius 1 is 1.56 bits per heavy atom. The van der Waals surface area contributed by atoms with E-state index in [1.165, 1.54) is 12.8 Å². The molecular weight excluding hydrogens is 230 g/mol. The number of aliphatic hydroxyl groups excluding tert-OH is 1. The van der Waals surface area contributed by atoms with Crippen molar-refractivity contribution >= 4 is 0 Å². The maximum Gasteiger partial charge on any atom is 0.0946 e. The van der Waals surface area contributed by atoms with Gasteiger partial charge in [-0.15, -0.1) is 0 Å². The Balaban J connectivity index is 1.52. The number of ether oxygens (including phenoxy) is 1. The fraction of sp³-hybridized carbons (Fsp3) is 0.769. The van der Waals surface area contributed by atoms with Crippen molar-refractivity contribution in [3.63, 3.8) is 0 Å². The van der Waals surface area contributed by atoms with Gasteiger partial charge in [0.1, 0.15) is 0 Å². The molecule has 0 amide bonds. The molecule has 5 nitrogen and oxygen atoms in total. The fourth-order valence-corrected chi connectivity index (χ4v) is 1.83. The van der Waals surface area contributed by atoms with Crippen LogP contribution >= 0.6 is 0 Å². The summed E-state index contributed by atoms with van der Waals surface area (Å²) in [5, 5.41) is 13.0. The van der Waals surface area contributed by atoms with Crippen molar-refractivity contribution in [2.75, 3.05) is 19.8 Å². The largest absolute Gasteiger partial charge is 0.389 e. The van der Waals surface area contributed by atoms with Crippen LogP contribution in [0.3, 0.4) is 0 Å². The van der Waals surface area contributed by atoms with Gasteiger partial charge in [0, 0.05) is 38.1 Å². The van der Waals surface area contributed by atoms with Gasteiger partial charge in [-0.1, -0.05) is 0 Å². The van der Waals surface area contributed by atoms with Crippen LogP contribution in [0, 0.1) is 5.92 Å². The lowest BCUT2D eigenvalue weighted by Gasteiger charge is -2.17. The molecular formula is C13H23N3O2. The summed E-state index contributed by atoms with van der Waals surface area (Å²) < 4.78 is 7.47. The van der Waals surface area contributed by atoms with E-state index in [1.807, 2.05) is 10.8 Å². The lowest BCUT2D eigenvalue weighted by molar-refractivity contribution is 0.0313. The number of rotatable bonds is 9. The van der Waals surface area contributed by atoms with Gasteiger partial charge in [-0.3, -0.25) is 0 Å². The van der Waals surface area contributed by atoms with E-state index in [-0.39, 0.29) is 0 Å². The van der Waals surface area contributed by atoms with Crippen LogP contribution in [-0.4, -0.2) is 46.6 Å². The SMILES string of the molecule is CC(Cn1ccnc1)NCC(O)COCC1CC1. The van der Waals surface area contributed by atoms with Gasteiger partial charge in [-0.05, 0) is 25.7 Å². The zero-order chi connectivity index (χ0) is 12.8. The van der Waals surface area contributed by atoms with E-state index < -0.39 is 6.10 Å². The van der Waals surface area contributed by atoms with Gasteiger partial charge in [0.05, 0.1) is 19.0 Å². The van der Waals surface area contributed by atoms with Crippen molar-refractivity contribution < 1.29 is 9.84 Å². The summed E-state index contributed by atoms with van der Waals surface area (Å²) >= 11 is 0. The van der Waals surface area contributed by atoms with Crippen molar-refractivity contribution in [2.45, 2.75) is 38.5 Å².